The summed E-state index contributed by atoms with van der Waals surface area (Å²) in [6.07, 6.45) is 1.94. The van der Waals surface area contributed by atoms with Crippen LogP contribution < -0.4 is 11.5 Å². The number of pyridine rings is 1. The number of hydrogen-bond donors (Lipinski definition) is 2. The second-order valence-electron chi connectivity index (χ2n) is 3.38. The standard InChI is InChI=1S/C10H14N4O/c1-15-5-4-14-3-2-7-8(11)6-9(12)13-10(7)14/h2-3,6H,4-5H2,1H3,(H4,11,12,13). The summed E-state index contributed by atoms with van der Waals surface area (Å²) in [6.45, 7) is 1.38. The van der Waals surface area contributed by atoms with Gasteiger partial charge in [-0.2, -0.15) is 0 Å². The van der Waals surface area contributed by atoms with E-state index in [1.807, 2.05) is 16.8 Å². The van der Waals surface area contributed by atoms with Gasteiger partial charge in [-0.3, -0.25) is 0 Å². The van der Waals surface area contributed by atoms with Crippen LogP contribution in [0.15, 0.2) is 18.3 Å². The highest BCUT2D eigenvalue weighted by molar-refractivity contribution is 5.90. The van der Waals surface area contributed by atoms with Gasteiger partial charge in [0, 0.05) is 37.0 Å². The van der Waals surface area contributed by atoms with Crippen LogP contribution in [0.1, 0.15) is 0 Å². The van der Waals surface area contributed by atoms with Gasteiger partial charge >= 0.3 is 0 Å². The third kappa shape index (κ3) is 1.73. The Kier molecular flexibility index (Phi) is 2.47. The first-order chi connectivity index (χ1) is 7.22. The number of ether oxygens (including phenoxy) is 1. The average Bonchev–Trinajstić information content (AvgIpc) is 2.58. The molecule has 0 aliphatic carbocycles. The van der Waals surface area contributed by atoms with Crippen LogP contribution in [-0.4, -0.2) is 23.3 Å². The summed E-state index contributed by atoms with van der Waals surface area (Å²) in [7, 11) is 1.67. The second kappa shape index (κ2) is 3.78. The summed E-state index contributed by atoms with van der Waals surface area (Å²) in [5, 5.41) is 0.931. The monoisotopic (exact) mass is 206 g/mol. The van der Waals surface area contributed by atoms with Gasteiger partial charge in [0.05, 0.1) is 6.61 Å². The molecule has 2 aromatic heterocycles. The molecule has 2 heterocycles. The number of fused-ring (bicyclic) bond motifs is 1. The van der Waals surface area contributed by atoms with E-state index in [4.69, 9.17) is 16.2 Å². The maximum Gasteiger partial charge on any atom is 0.144 e. The molecule has 80 valence electrons. The summed E-state index contributed by atoms with van der Waals surface area (Å²) in [5.74, 6) is 0.442. The number of nitrogens with zero attached hydrogens (tertiary/aromatic N) is 2. The molecule has 0 amide bonds. The quantitative estimate of drug-likeness (QED) is 0.780. The number of hydrogen-bond acceptors (Lipinski definition) is 4. The molecule has 15 heavy (non-hydrogen) atoms. The minimum Gasteiger partial charge on any atom is -0.398 e. The van der Waals surface area contributed by atoms with Gasteiger partial charge in [-0.05, 0) is 6.07 Å². The highest BCUT2D eigenvalue weighted by Crippen LogP contribution is 2.22. The van der Waals surface area contributed by atoms with E-state index in [1.165, 1.54) is 0 Å². The molecule has 0 unspecified atom stereocenters. The van der Waals surface area contributed by atoms with Crippen molar-refractivity contribution in [2.45, 2.75) is 6.54 Å². The molecule has 2 aromatic rings. The highest BCUT2D eigenvalue weighted by Gasteiger charge is 2.06. The number of aromatic nitrogens is 2. The fourth-order valence-corrected chi connectivity index (χ4v) is 1.58. The van der Waals surface area contributed by atoms with Crippen molar-refractivity contribution >= 4 is 22.5 Å². The van der Waals surface area contributed by atoms with Crippen molar-refractivity contribution < 1.29 is 4.74 Å². The van der Waals surface area contributed by atoms with E-state index in [-0.39, 0.29) is 0 Å². The molecule has 5 nitrogen and oxygen atoms in total. The highest BCUT2D eigenvalue weighted by atomic mass is 16.5. The zero-order valence-electron chi connectivity index (χ0n) is 8.60. The number of rotatable bonds is 3. The van der Waals surface area contributed by atoms with Crippen molar-refractivity contribution in [3.05, 3.63) is 18.3 Å². The Morgan fingerprint density at radius 1 is 1.47 bits per heavy atom. The fourth-order valence-electron chi connectivity index (χ4n) is 1.58. The van der Waals surface area contributed by atoms with Gasteiger partial charge in [0.15, 0.2) is 0 Å². The lowest BCUT2D eigenvalue weighted by Gasteiger charge is -2.05. The van der Waals surface area contributed by atoms with Crippen molar-refractivity contribution in [2.24, 2.45) is 0 Å². The molecule has 0 aliphatic heterocycles. The normalized spacial score (nSPS) is 11.0. The van der Waals surface area contributed by atoms with Crippen LogP contribution in [0, 0.1) is 0 Å². The first-order valence-electron chi connectivity index (χ1n) is 4.72. The summed E-state index contributed by atoms with van der Waals surface area (Å²) >= 11 is 0. The molecule has 0 aromatic carbocycles. The van der Waals surface area contributed by atoms with Crippen molar-refractivity contribution in [1.29, 1.82) is 0 Å². The fraction of sp³-hybridized carbons (Fsp3) is 0.300. The molecule has 5 heteroatoms. The summed E-state index contributed by atoms with van der Waals surface area (Å²) in [5.41, 5.74) is 13.0. The van der Waals surface area contributed by atoms with Crippen LogP contribution in [0.2, 0.25) is 0 Å². The van der Waals surface area contributed by atoms with E-state index in [1.54, 1.807) is 13.2 Å². The number of nitrogen functional groups attached to an aromatic ring is 2. The Bertz CT molecular complexity index is 477. The van der Waals surface area contributed by atoms with E-state index in [0.29, 0.717) is 18.1 Å². The van der Waals surface area contributed by atoms with Gasteiger partial charge in [-0.25, -0.2) is 4.98 Å². The predicted octanol–water partition coefficient (Wildman–Crippen LogP) is 0.847. The summed E-state index contributed by atoms with van der Waals surface area (Å²) in [4.78, 5) is 4.25. The minimum atomic E-state index is 0.442. The summed E-state index contributed by atoms with van der Waals surface area (Å²) in [6, 6.07) is 3.61. The lowest BCUT2D eigenvalue weighted by Crippen LogP contribution is -2.04. The van der Waals surface area contributed by atoms with Gasteiger partial charge in [0.1, 0.15) is 11.5 Å². The third-order valence-corrected chi connectivity index (χ3v) is 2.32. The SMILES string of the molecule is COCCn1ccc2c(N)cc(N)nc21. The maximum atomic E-state index is 5.83. The minimum absolute atomic E-state index is 0.442. The Hall–Kier alpha value is -1.75. The van der Waals surface area contributed by atoms with E-state index in [0.717, 1.165) is 17.6 Å². The second-order valence-corrected chi connectivity index (χ2v) is 3.38. The zero-order chi connectivity index (χ0) is 10.8. The van der Waals surface area contributed by atoms with Gasteiger partial charge in [-0.1, -0.05) is 0 Å². The lowest BCUT2D eigenvalue weighted by atomic mass is 10.3. The molecule has 2 rings (SSSR count). The van der Waals surface area contributed by atoms with Gasteiger partial charge < -0.3 is 20.8 Å². The Labute approximate surface area is 87.6 Å². The summed E-state index contributed by atoms with van der Waals surface area (Å²) < 4.78 is 6.99. The predicted molar refractivity (Wildman–Crippen MR) is 60.4 cm³/mol. The van der Waals surface area contributed by atoms with Gasteiger partial charge in [-0.15, -0.1) is 0 Å². The van der Waals surface area contributed by atoms with Crippen LogP contribution in [0.25, 0.3) is 11.0 Å². The van der Waals surface area contributed by atoms with Crippen molar-refractivity contribution in [3.8, 4) is 0 Å². The Morgan fingerprint density at radius 2 is 2.27 bits per heavy atom. The molecule has 0 atom stereocenters. The Balaban J connectivity index is 2.49. The van der Waals surface area contributed by atoms with Crippen molar-refractivity contribution in [2.75, 3.05) is 25.2 Å². The lowest BCUT2D eigenvalue weighted by molar-refractivity contribution is 0.188. The van der Waals surface area contributed by atoms with E-state index in [9.17, 15) is 0 Å². The Morgan fingerprint density at radius 3 is 3.00 bits per heavy atom. The van der Waals surface area contributed by atoms with Crippen LogP contribution >= 0.6 is 0 Å². The largest absolute Gasteiger partial charge is 0.398 e. The number of nitrogens with two attached hydrogens (primary N) is 2. The number of methoxy groups -OCH3 is 1. The molecule has 0 radical (unpaired) electrons. The molecule has 4 N–H and O–H groups in total. The molecule has 0 fully saturated rings. The molecule has 0 spiro atoms. The van der Waals surface area contributed by atoms with Gasteiger partial charge in [0.2, 0.25) is 0 Å². The smallest absolute Gasteiger partial charge is 0.144 e. The zero-order valence-corrected chi connectivity index (χ0v) is 8.60. The van der Waals surface area contributed by atoms with E-state index < -0.39 is 0 Å². The molecule has 0 aliphatic rings. The number of anilines is 2. The van der Waals surface area contributed by atoms with Crippen molar-refractivity contribution in [3.63, 3.8) is 0 Å². The first-order valence-corrected chi connectivity index (χ1v) is 4.72. The van der Waals surface area contributed by atoms with Crippen LogP contribution in [-0.2, 0) is 11.3 Å². The molecular formula is C10H14N4O. The van der Waals surface area contributed by atoms with Crippen LogP contribution in [0.3, 0.4) is 0 Å². The van der Waals surface area contributed by atoms with Crippen molar-refractivity contribution in [1.82, 2.24) is 9.55 Å². The molecule has 0 saturated carbocycles. The maximum absolute atomic E-state index is 5.83. The van der Waals surface area contributed by atoms with Crippen LogP contribution in [0.5, 0.6) is 0 Å². The van der Waals surface area contributed by atoms with E-state index in [2.05, 4.69) is 4.98 Å². The molecule has 0 bridgehead atoms. The first kappa shape index (κ1) is 9.79. The average molecular weight is 206 g/mol. The molecular weight excluding hydrogens is 192 g/mol. The van der Waals surface area contributed by atoms with Gasteiger partial charge in [0.25, 0.3) is 0 Å². The topological polar surface area (TPSA) is 79.1 Å². The van der Waals surface area contributed by atoms with E-state index >= 15 is 0 Å². The third-order valence-electron chi connectivity index (χ3n) is 2.32. The molecule has 0 saturated heterocycles. The van der Waals surface area contributed by atoms with Crippen LogP contribution in [0.4, 0.5) is 11.5 Å².